The van der Waals surface area contributed by atoms with Gasteiger partial charge in [-0.15, -0.1) is 0 Å². The zero-order valence-electron chi connectivity index (χ0n) is 11.4. The van der Waals surface area contributed by atoms with E-state index in [1.807, 2.05) is 6.07 Å². The van der Waals surface area contributed by atoms with Gasteiger partial charge < -0.3 is 0 Å². The van der Waals surface area contributed by atoms with Gasteiger partial charge in [-0.05, 0) is 0 Å². The van der Waals surface area contributed by atoms with Gasteiger partial charge in [0, 0.05) is 0 Å². The summed E-state index contributed by atoms with van der Waals surface area (Å²) in [5.41, 5.74) is 0. The normalized spacial score (nSPS) is 13.4. The molecule has 108 valence electrons. The SMILES string of the molecule is O=S(=O)(O)c1c(OCC(O)CO)ccc2cc[c]([Na])cc12. The number of aliphatic hydroxyl groups is 2. The molecule has 6 nitrogen and oxygen atoms in total. The molecule has 0 aromatic heterocycles. The molecule has 0 fully saturated rings. The molecule has 0 radical (unpaired) electrons. The Bertz CT molecular complexity index is 759. The monoisotopic (exact) mass is 320 g/mol. The van der Waals surface area contributed by atoms with Gasteiger partial charge in [-0.1, -0.05) is 0 Å². The zero-order valence-corrected chi connectivity index (χ0v) is 14.2. The molecule has 8 heteroatoms. The Kier molecular flexibility index (Phi) is 5.26. The average Bonchev–Trinajstić information content (AvgIpc) is 2.42. The fourth-order valence-corrected chi connectivity index (χ4v) is 3.30. The molecule has 2 rings (SSSR count). The van der Waals surface area contributed by atoms with Gasteiger partial charge in [0.1, 0.15) is 0 Å². The van der Waals surface area contributed by atoms with E-state index in [4.69, 9.17) is 9.84 Å². The Labute approximate surface area is 139 Å². The number of aliphatic hydroxyl groups excluding tert-OH is 2. The second-order valence-electron chi connectivity index (χ2n) is 4.74. The first-order valence-electron chi connectivity index (χ1n) is 6.25. The summed E-state index contributed by atoms with van der Waals surface area (Å²) in [7, 11) is -4.49. The van der Waals surface area contributed by atoms with E-state index in [-0.39, 0.29) is 17.3 Å². The molecule has 0 aliphatic rings. The first kappa shape index (κ1) is 16.7. The summed E-state index contributed by atoms with van der Waals surface area (Å²) in [6.45, 7) is -0.773. The third kappa shape index (κ3) is 3.95. The summed E-state index contributed by atoms with van der Waals surface area (Å²) >= 11 is 0.736. The molecule has 21 heavy (non-hydrogen) atoms. The summed E-state index contributed by atoms with van der Waals surface area (Å²) in [4.78, 5) is -0.317. The average molecular weight is 320 g/mol. The summed E-state index contributed by atoms with van der Waals surface area (Å²) in [6, 6.07) is 8.45. The molecule has 3 N–H and O–H groups in total. The molecule has 0 spiro atoms. The van der Waals surface area contributed by atoms with Crippen LogP contribution < -0.4 is 7.55 Å². The Morgan fingerprint density at radius 2 is 1.90 bits per heavy atom. The van der Waals surface area contributed by atoms with Crippen molar-refractivity contribution in [1.29, 1.82) is 0 Å². The minimum absolute atomic E-state index is 0.0511. The van der Waals surface area contributed by atoms with Crippen LogP contribution in [0.1, 0.15) is 0 Å². The maximum absolute atomic E-state index is 11.7. The van der Waals surface area contributed by atoms with Crippen molar-refractivity contribution < 1.29 is 27.9 Å². The van der Waals surface area contributed by atoms with Gasteiger partial charge in [0.05, 0.1) is 0 Å². The van der Waals surface area contributed by atoms with Gasteiger partial charge in [-0.25, -0.2) is 0 Å². The molecule has 0 bridgehead atoms. The Morgan fingerprint density at radius 3 is 2.52 bits per heavy atom. The summed E-state index contributed by atoms with van der Waals surface area (Å²) in [6.07, 6.45) is -1.13. The van der Waals surface area contributed by atoms with Crippen molar-refractivity contribution >= 4 is 51.6 Å². The van der Waals surface area contributed by atoms with E-state index in [0.717, 1.165) is 30.7 Å². The van der Waals surface area contributed by atoms with Crippen LogP contribution in [0.5, 0.6) is 5.75 Å². The summed E-state index contributed by atoms with van der Waals surface area (Å²) in [5.74, 6) is -0.0511. The Balaban J connectivity index is 2.60. The van der Waals surface area contributed by atoms with Crippen LogP contribution in [0, 0.1) is 0 Å². The Morgan fingerprint density at radius 1 is 1.24 bits per heavy atom. The predicted molar refractivity (Wildman–Crippen MR) is 77.7 cm³/mol. The molecule has 0 aliphatic heterocycles. The van der Waals surface area contributed by atoms with Crippen LogP contribution in [0.2, 0.25) is 0 Å². The Hall–Kier alpha value is -0.670. The van der Waals surface area contributed by atoms with Crippen LogP contribution in [0.25, 0.3) is 10.8 Å². The van der Waals surface area contributed by atoms with E-state index in [0.29, 0.717) is 10.8 Å². The molecular weight excluding hydrogens is 307 g/mol. The molecule has 0 heterocycles. The molecule has 0 aliphatic carbocycles. The number of ether oxygens (including phenoxy) is 1. The standard InChI is InChI=1S/C13H13O6S.Na/c14-7-10(15)8-19-12-6-5-9-3-1-2-4-11(9)13(12)20(16,17)18;/h1,3-6,10,14-15H,7-8H2,(H,16,17,18);. The third-order valence-corrected chi connectivity index (χ3v) is 4.55. The van der Waals surface area contributed by atoms with Crippen molar-refractivity contribution in [3.63, 3.8) is 0 Å². The number of hydrogen-bond acceptors (Lipinski definition) is 5. The quantitative estimate of drug-likeness (QED) is 0.512. The van der Waals surface area contributed by atoms with E-state index in [9.17, 15) is 18.1 Å². The van der Waals surface area contributed by atoms with Crippen molar-refractivity contribution in [2.75, 3.05) is 13.2 Å². The van der Waals surface area contributed by atoms with Crippen molar-refractivity contribution in [3.05, 3.63) is 30.3 Å². The summed E-state index contributed by atoms with van der Waals surface area (Å²) < 4.78 is 39.0. The van der Waals surface area contributed by atoms with Crippen molar-refractivity contribution in [3.8, 4) is 5.75 Å². The van der Waals surface area contributed by atoms with Crippen LogP contribution in [-0.2, 0) is 10.1 Å². The van der Waals surface area contributed by atoms with Gasteiger partial charge in [0.15, 0.2) is 0 Å². The first-order chi connectivity index (χ1) is 9.82. The third-order valence-electron chi connectivity index (χ3n) is 2.99. The minimum atomic E-state index is -4.49. The molecule has 2 aromatic rings. The topological polar surface area (TPSA) is 104 Å². The van der Waals surface area contributed by atoms with Crippen LogP contribution in [0.4, 0.5) is 0 Å². The first-order valence-corrected chi connectivity index (χ1v) is 8.69. The fourth-order valence-electron chi connectivity index (χ4n) is 2.00. The van der Waals surface area contributed by atoms with E-state index in [2.05, 4.69) is 0 Å². The molecule has 1 atom stereocenters. The fraction of sp³-hybridized carbons (Fsp3) is 0.231. The van der Waals surface area contributed by atoms with Gasteiger partial charge in [0.25, 0.3) is 0 Å². The van der Waals surface area contributed by atoms with Gasteiger partial charge in [0.2, 0.25) is 0 Å². The second kappa shape index (κ2) is 6.62. The van der Waals surface area contributed by atoms with Crippen molar-refractivity contribution in [1.82, 2.24) is 0 Å². The van der Waals surface area contributed by atoms with Crippen LogP contribution in [0.3, 0.4) is 0 Å². The van der Waals surface area contributed by atoms with E-state index in [1.54, 1.807) is 18.2 Å². The van der Waals surface area contributed by atoms with Crippen LogP contribution >= 0.6 is 0 Å². The van der Waals surface area contributed by atoms with Crippen molar-refractivity contribution in [2.24, 2.45) is 0 Å². The molecule has 0 saturated heterocycles. The number of rotatable bonds is 5. The summed E-state index contributed by atoms with van der Waals surface area (Å²) in [5, 5.41) is 19.1. The van der Waals surface area contributed by atoms with E-state index >= 15 is 0 Å². The number of benzene rings is 2. The van der Waals surface area contributed by atoms with Crippen LogP contribution in [-0.4, -0.2) is 70.4 Å². The zero-order chi connectivity index (χ0) is 15.6. The maximum atomic E-state index is 11.7. The molecule has 2 aromatic carbocycles. The van der Waals surface area contributed by atoms with Crippen LogP contribution in [0.15, 0.2) is 35.2 Å². The molecule has 1 unspecified atom stereocenters. The van der Waals surface area contributed by atoms with Crippen molar-refractivity contribution in [2.45, 2.75) is 11.0 Å². The molecule has 0 saturated carbocycles. The molecule has 0 amide bonds. The molecular formula is C13H13NaO6S. The van der Waals surface area contributed by atoms with E-state index in [1.165, 1.54) is 6.07 Å². The van der Waals surface area contributed by atoms with Gasteiger partial charge in [-0.3, -0.25) is 0 Å². The van der Waals surface area contributed by atoms with E-state index < -0.39 is 22.8 Å². The second-order valence-corrected chi connectivity index (χ2v) is 7.25. The number of hydrogen-bond donors (Lipinski definition) is 3. The van der Waals surface area contributed by atoms with Gasteiger partial charge in [-0.2, -0.15) is 0 Å². The number of fused-ring (bicyclic) bond motifs is 1. The van der Waals surface area contributed by atoms with Gasteiger partial charge >= 0.3 is 140 Å². The predicted octanol–water partition coefficient (Wildman–Crippen LogP) is -0.388.